The van der Waals surface area contributed by atoms with E-state index in [2.05, 4.69) is 0 Å². The fourth-order valence-electron chi connectivity index (χ4n) is 2.67. The van der Waals surface area contributed by atoms with Crippen LogP contribution in [0.5, 0.6) is 0 Å². The van der Waals surface area contributed by atoms with Crippen LogP contribution in [0.4, 0.5) is 17.6 Å². The Morgan fingerprint density at radius 2 is 1.33 bits per heavy atom. The minimum Gasteiger partial charge on any atom is -0.501 e. The number of ether oxygens (including phenoxy) is 1. The molecule has 0 aliphatic carbocycles. The van der Waals surface area contributed by atoms with Gasteiger partial charge in [0.2, 0.25) is 12.9 Å². The molecule has 0 spiro atoms. The molecule has 2 nitrogen and oxygen atoms in total. The van der Waals surface area contributed by atoms with Crippen molar-refractivity contribution in [2.75, 3.05) is 7.11 Å². The summed E-state index contributed by atoms with van der Waals surface area (Å²) in [7, 11) is 1.40. The van der Waals surface area contributed by atoms with Crippen LogP contribution in [0.25, 0.3) is 0 Å². The first-order valence-corrected chi connectivity index (χ1v) is 8.53. The number of carbonyl (C=O) groups is 1. The Bertz CT molecular complexity index is 396. The molecule has 0 rings (SSSR count). The van der Waals surface area contributed by atoms with Gasteiger partial charge in [-0.3, -0.25) is 4.79 Å². The molecule has 4 atom stereocenters. The van der Waals surface area contributed by atoms with Crippen molar-refractivity contribution < 1.29 is 27.1 Å². The number of hydrogen-bond donors (Lipinski definition) is 0. The summed E-state index contributed by atoms with van der Waals surface area (Å²) in [5, 5.41) is 0. The number of methoxy groups -OCH3 is 1. The van der Waals surface area contributed by atoms with E-state index in [1.165, 1.54) is 27.0 Å². The zero-order valence-electron chi connectivity index (χ0n) is 15.2. The number of allylic oxidation sites excluding steroid dienone is 2. The van der Waals surface area contributed by atoms with E-state index in [1.807, 2.05) is 6.92 Å². The average molecular weight is 354 g/mol. The van der Waals surface area contributed by atoms with E-state index in [-0.39, 0.29) is 24.5 Å². The van der Waals surface area contributed by atoms with E-state index in [4.69, 9.17) is 4.74 Å². The summed E-state index contributed by atoms with van der Waals surface area (Å²) >= 11 is 0. The van der Waals surface area contributed by atoms with Gasteiger partial charge in [0.1, 0.15) is 5.76 Å². The first-order valence-electron chi connectivity index (χ1n) is 8.53. The van der Waals surface area contributed by atoms with Crippen LogP contribution in [-0.4, -0.2) is 25.7 Å². The van der Waals surface area contributed by atoms with Gasteiger partial charge in [-0.15, -0.1) is 0 Å². The molecule has 0 aliphatic heterocycles. The van der Waals surface area contributed by atoms with Crippen molar-refractivity contribution in [3.63, 3.8) is 0 Å². The summed E-state index contributed by atoms with van der Waals surface area (Å²) in [6.45, 7) is 6.50. The quantitative estimate of drug-likeness (QED) is 0.254. The Labute approximate surface area is 142 Å². The lowest BCUT2D eigenvalue weighted by atomic mass is 9.87. The van der Waals surface area contributed by atoms with E-state index in [0.29, 0.717) is 18.6 Å². The molecule has 0 aromatic carbocycles. The smallest absolute Gasteiger partial charge is 0.241 e. The van der Waals surface area contributed by atoms with Gasteiger partial charge >= 0.3 is 0 Å². The maximum atomic E-state index is 12.8. The van der Waals surface area contributed by atoms with Gasteiger partial charge in [-0.2, -0.15) is 0 Å². The van der Waals surface area contributed by atoms with Crippen molar-refractivity contribution in [1.82, 2.24) is 0 Å². The first kappa shape index (κ1) is 22.9. The number of alkyl halides is 4. The third-order valence-electron chi connectivity index (χ3n) is 4.48. The number of carbonyl (C=O) groups excluding carboxylic acids is 1. The third kappa shape index (κ3) is 7.67. The van der Waals surface area contributed by atoms with Gasteiger partial charge in [0.15, 0.2) is 5.78 Å². The summed E-state index contributed by atoms with van der Waals surface area (Å²) in [6.07, 6.45) is -2.24. The van der Waals surface area contributed by atoms with E-state index < -0.39 is 30.6 Å². The van der Waals surface area contributed by atoms with Crippen molar-refractivity contribution in [2.24, 2.45) is 23.7 Å². The molecule has 0 fully saturated rings. The van der Waals surface area contributed by atoms with E-state index in [1.54, 1.807) is 6.92 Å². The predicted molar refractivity (Wildman–Crippen MR) is 87.2 cm³/mol. The summed E-state index contributed by atoms with van der Waals surface area (Å²) in [5.41, 5.74) is 0. The standard InChI is InChI=1S/C18H30F4O2/c1-6-13(8-11(3)17(19)20)15(23)10-16(24-5)14(7-2)9-12(4)18(21)22/h10-14,17-18H,6-9H2,1-5H3/b16-10-. The summed E-state index contributed by atoms with van der Waals surface area (Å²) in [6, 6.07) is 0. The monoisotopic (exact) mass is 354 g/mol. The van der Waals surface area contributed by atoms with E-state index in [0.717, 1.165) is 0 Å². The predicted octanol–water partition coefficient (Wildman–Crippen LogP) is 5.72. The number of hydrogen-bond acceptors (Lipinski definition) is 2. The van der Waals surface area contributed by atoms with Crippen LogP contribution in [-0.2, 0) is 9.53 Å². The maximum Gasteiger partial charge on any atom is 0.241 e. The lowest BCUT2D eigenvalue weighted by molar-refractivity contribution is -0.119. The van der Waals surface area contributed by atoms with Crippen LogP contribution in [0.15, 0.2) is 11.8 Å². The van der Waals surface area contributed by atoms with Crippen molar-refractivity contribution in [1.29, 1.82) is 0 Å². The molecule has 0 bridgehead atoms. The van der Waals surface area contributed by atoms with Gasteiger partial charge in [0, 0.05) is 29.7 Å². The second kappa shape index (κ2) is 11.5. The summed E-state index contributed by atoms with van der Waals surface area (Å²) in [5.74, 6) is -2.37. The maximum absolute atomic E-state index is 12.8. The molecule has 0 aliphatic rings. The molecule has 0 radical (unpaired) electrons. The second-order valence-corrected chi connectivity index (χ2v) is 6.46. The molecule has 142 valence electrons. The van der Waals surface area contributed by atoms with Crippen LogP contribution in [0.1, 0.15) is 53.4 Å². The SMILES string of the molecule is CCC(CC(C)C(F)F)C(=O)/C=C(\OC)C(CC)CC(C)C(F)F. The fourth-order valence-corrected chi connectivity index (χ4v) is 2.67. The zero-order valence-corrected chi connectivity index (χ0v) is 15.2. The van der Waals surface area contributed by atoms with Crippen molar-refractivity contribution in [3.05, 3.63) is 11.8 Å². The van der Waals surface area contributed by atoms with Gasteiger partial charge in [0.05, 0.1) is 7.11 Å². The van der Waals surface area contributed by atoms with Crippen LogP contribution < -0.4 is 0 Å². The highest BCUT2D eigenvalue weighted by molar-refractivity contribution is 5.92. The number of ketones is 1. The molecule has 0 aromatic rings. The first-order chi connectivity index (χ1) is 11.2. The highest BCUT2D eigenvalue weighted by Gasteiger charge is 2.26. The summed E-state index contributed by atoms with van der Waals surface area (Å²) < 4.78 is 56.2. The molecule has 0 saturated carbocycles. The van der Waals surface area contributed by atoms with Crippen LogP contribution in [0.3, 0.4) is 0 Å². The Morgan fingerprint density at radius 3 is 1.67 bits per heavy atom. The van der Waals surface area contributed by atoms with Crippen molar-refractivity contribution in [3.8, 4) is 0 Å². The van der Waals surface area contributed by atoms with Gasteiger partial charge in [-0.25, -0.2) is 17.6 Å². The number of rotatable bonds is 12. The van der Waals surface area contributed by atoms with Crippen LogP contribution in [0.2, 0.25) is 0 Å². The van der Waals surface area contributed by atoms with Crippen molar-refractivity contribution in [2.45, 2.75) is 66.2 Å². The Morgan fingerprint density at radius 1 is 0.917 bits per heavy atom. The topological polar surface area (TPSA) is 26.3 Å². The van der Waals surface area contributed by atoms with Crippen molar-refractivity contribution >= 4 is 5.78 Å². The Kier molecular flexibility index (Phi) is 11.0. The lowest BCUT2D eigenvalue weighted by Gasteiger charge is -2.22. The molecule has 6 heteroatoms. The highest BCUT2D eigenvalue weighted by atomic mass is 19.3. The van der Waals surface area contributed by atoms with Gasteiger partial charge in [-0.1, -0.05) is 27.7 Å². The molecule has 0 saturated heterocycles. The van der Waals surface area contributed by atoms with E-state index >= 15 is 0 Å². The third-order valence-corrected chi connectivity index (χ3v) is 4.48. The normalized spacial score (nSPS) is 17.7. The minimum absolute atomic E-state index is 0.102. The molecule has 0 amide bonds. The average Bonchev–Trinajstić information content (AvgIpc) is 2.54. The Balaban J connectivity index is 5.12. The van der Waals surface area contributed by atoms with Gasteiger partial charge < -0.3 is 4.74 Å². The lowest BCUT2D eigenvalue weighted by Crippen LogP contribution is -2.21. The van der Waals surface area contributed by atoms with Gasteiger partial charge in [0.25, 0.3) is 0 Å². The Hall–Kier alpha value is -1.07. The molecular formula is C18H30F4O2. The zero-order chi connectivity index (χ0) is 18.9. The van der Waals surface area contributed by atoms with Gasteiger partial charge in [-0.05, 0) is 25.7 Å². The minimum atomic E-state index is -2.46. The largest absolute Gasteiger partial charge is 0.501 e. The molecule has 0 aromatic heterocycles. The highest BCUT2D eigenvalue weighted by Crippen LogP contribution is 2.29. The summed E-state index contributed by atoms with van der Waals surface area (Å²) in [4.78, 5) is 12.4. The van der Waals surface area contributed by atoms with E-state index in [9.17, 15) is 22.4 Å². The molecular weight excluding hydrogens is 324 g/mol. The fraction of sp³-hybridized carbons (Fsp3) is 0.833. The molecule has 0 N–H and O–H groups in total. The second-order valence-electron chi connectivity index (χ2n) is 6.46. The van der Waals surface area contributed by atoms with Crippen LogP contribution >= 0.6 is 0 Å². The molecule has 0 heterocycles. The van der Waals surface area contributed by atoms with Crippen LogP contribution in [0, 0.1) is 23.7 Å². The molecule has 24 heavy (non-hydrogen) atoms. The number of halogens is 4. The molecule has 4 unspecified atom stereocenters.